The summed E-state index contributed by atoms with van der Waals surface area (Å²) in [5, 5.41) is 7.07. The summed E-state index contributed by atoms with van der Waals surface area (Å²) in [6, 6.07) is 8.51. The lowest BCUT2D eigenvalue weighted by Gasteiger charge is -2.27. The zero-order chi connectivity index (χ0) is 15.9. The minimum Gasteiger partial charge on any atom is -0.368 e. The van der Waals surface area contributed by atoms with Crippen LogP contribution in [0.25, 0.3) is 11.3 Å². The highest BCUT2D eigenvalue weighted by molar-refractivity contribution is 5.73. The summed E-state index contributed by atoms with van der Waals surface area (Å²) in [5.74, 6) is 1.26. The molecule has 4 N–H and O–H groups in total. The molecule has 0 bridgehead atoms. The first kappa shape index (κ1) is 14.5. The minimum absolute atomic E-state index is 0.0282. The number of benzene rings is 1. The second kappa shape index (κ2) is 5.49. The van der Waals surface area contributed by atoms with E-state index in [0.717, 1.165) is 50.3 Å². The Hall–Kier alpha value is -2.14. The van der Waals surface area contributed by atoms with Gasteiger partial charge in [0.05, 0.1) is 5.69 Å². The van der Waals surface area contributed by atoms with E-state index < -0.39 is 0 Å². The molecule has 4 rings (SSSR count). The van der Waals surface area contributed by atoms with Crippen molar-refractivity contribution in [3.8, 4) is 11.3 Å². The van der Waals surface area contributed by atoms with Gasteiger partial charge in [0, 0.05) is 23.2 Å². The molecule has 2 aromatic rings. The fraction of sp³-hybridized carbons (Fsp3) is 0.444. The summed E-state index contributed by atoms with van der Waals surface area (Å²) in [7, 11) is 0. The number of fused-ring (bicyclic) bond motifs is 3. The van der Waals surface area contributed by atoms with Gasteiger partial charge in [-0.05, 0) is 44.7 Å². The van der Waals surface area contributed by atoms with Crippen LogP contribution in [-0.4, -0.2) is 28.6 Å². The topological polar surface area (TPSA) is 75.9 Å². The largest absolute Gasteiger partial charge is 0.368 e. The molecule has 1 aliphatic carbocycles. The minimum atomic E-state index is 0.0282. The lowest BCUT2D eigenvalue weighted by atomic mass is 9.99. The summed E-state index contributed by atoms with van der Waals surface area (Å²) in [6.45, 7) is 4.22. The monoisotopic (exact) mass is 309 g/mol. The average molecular weight is 309 g/mol. The Balaban J connectivity index is 1.83. The molecule has 0 radical (unpaired) electrons. The van der Waals surface area contributed by atoms with E-state index in [2.05, 4.69) is 51.8 Å². The molecule has 23 heavy (non-hydrogen) atoms. The summed E-state index contributed by atoms with van der Waals surface area (Å²) < 4.78 is 0. The first-order chi connectivity index (χ1) is 11.1. The molecular formula is C18H23N5. The summed E-state index contributed by atoms with van der Waals surface area (Å²) >= 11 is 0. The van der Waals surface area contributed by atoms with Crippen LogP contribution in [-0.2, 0) is 12.8 Å². The van der Waals surface area contributed by atoms with Gasteiger partial charge in [-0.15, -0.1) is 0 Å². The number of hydrogen-bond donors (Lipinski definition) is 3. The summed E-state index contributed by atoms with van der Waals surface area (Å²) in [5.41, 5.74) is 10.8. The molecule has 0 amide bonds. The molecule has 1 unspecified atom stereocenters. The van der Waals surface area contributed by atoms with Crippen molar-refractivity contribution in [3.05, 3.63) is 35.4 Å². The Morgan fingerprint density at radius 3 is 2.91 bits per heavy atom. The van der Waals surface area contributed by atoms with Crippen LogP contribution < -0.4 is 16.4 Å². The molecule has 5 heteroatoms. The fourth-order valence-corrected chi connectivity index (χ4v) is 3.70. The predicted octanol–water partition coefficient (Wildman–Crippen LogP) is 2.38. The van der Waals surface area contributed by atoms with Crippen LogP contribution in [0.3, 0.4) is 0 Å². The average Bonchev–Trinajstić information content (AvgIpc) is 2.86. The lowest BCUT2D eigenvalue weighted by Crippen LogP contribution is -2.37. The van der Waals surface area contributed by atoms with E-state index in [4.69, 9.17) is 5.73 Å². The molecule has 1 aliphatic heterocycles. The highest BCUT2D eigenvalue weighted by Crippen LogP contribution is 2.35. The molecule has 1 fully saturated rings. The Labute approximate surface area is 136 Å². The van der Waals surface area contributed by atoms with E-state index >= 15 is 0 Å². The highest BCUT2D eigenvalue weighted by Gasteiger charge is 2.30. The molecule has 1 atom stereocenters. The quantitative estimate of drug-likeness (QED) is 0.794. The van der Waals surface area contributed by atoms with Gasteiger partial charge in [0.2, 0.25) is 5.95 Å². The first-order valence-electron chi connectivity index (χ1n) is 8.38. The SMILES string of the molecule is CC1(Nc2nc(N)nc3c2CCCc2ccccc2-3)CCNC1. The van der Waals surface area contributed by atoms with Gasteiger partial charge >= 0.3 is 0 Å². The molecule has 0 spiro atoms. The molecule has 1 aromatic carbocycles. The van der Waals surface area contributed by atoms with E-state index in [-0.39, 0.29) is 5.54 Å². The molecule has 1 aromatic heterocycles. The highest BCUT2D eigenvalue weighted by atomic mass is 15.2. The van der Waals surface area contributed by atoms with Crippen LogP contribution in [0.15, 0.2) is 24.3 Å². The Kier molecular flexibility index (Phi) is 3.45. The number of aromatic nitrogens is 2. The number of rotatable bonds is 2. The van der Waals surface area contributed by atoms with E-state index in [9.17, 15) is 0 Å². The van der Waals surface area contributed by atoms with Gasteiger partial charge in [-0.1, -0.05) is 24.3 Å². The van der Waals surface area contributed by atoms with Gasteiger partial charge < -0.3 is 16.4 Å². The van der Waals surface area contributed by atoms with Crippen LogP contribution in [0.5, 0.6) is 0 Å². The van der Waals surface area contributed by atoms with Crippen molar-refractivity contribution in [3.63, 3.8) is 0 Å². The van der Waals surface area contributed by atoms with Crippen molar-refractivity contribution < 1.29 is 0 Å². The third kappa shape index (κ3) is 2.65. The third-order valence-corrected chi connectivity index (χ3v) is 4.96. The molecule has 2 heterocycles. The molecule has 120 valence electrons. The molecule has 1 saturated heterocycles. The van der Waals surface area contributed by atoms with E-state index in [1.807, 2.05) is 0 Å². The maximum atomic E-state index is 6.03. The van der Waals surface area contributed by atoms with Gasteiger partial charge in [-0.3, -0.25) is 0 Å². The predicted molar refractivity (Wildman–Crippen MR) is 93.4 cm³/mol. The van der Waals surface area contributed by atoms with Crippen molar-refractivity contribution in [2.75, 3.05) is 24.1 Å². The second-order valence-electron chi connectivity index (χ2n) is 6.88. The van der Waals surface area contributed by atoms with Crippen molar-refractivity contribution in [2.24, 2.45) is 0 Å². The van der Waals surface area contributed by atoms with Gasteiger partial charge in [0.1, 0.15) is 5.82 Å². The van der Waals surface area contributed by atoms with E-state index in [1.165, 1.54) is 16.7 Å². The van der Waals surface area contributed by atoms with Crippen molar-refractivity contribution in [2.45, 2.75) is 38.1 Å². The second-order valence-corrected chi connectivity index (χ2v) is 6.88. The Bertz CT molecular complexity index is 734. The third-order valence-electron chi connectivity index (χ3n) is 4.96. The summed E-state index contributed by atoms with van der Waals surface area (Å²) in [6.07, 6.45) is 4.25. The maximum Gasteiger partial charge on any atom is 0.222 e. The van der Waals surface area contributed by atoms with E-state index in [1.54, 1.807) is 0 Å². The number of hydrogen-bond acceptors (Lipinski definition) is 5. The zero-order valence-electron chi connectivity index (χ0n) is 13.5. The Morgan fingerprint density at radius 1 is 1.22 bits per heavy atom. The van der Waals surface area contributed by atoms with Crippen molar-refractivity contribution in [1.82, 2.24) is 15.3 Å². The number of aryl methyl sites for hydroxylation is 1. The van der Waals surface area contributed by atoms with Crippen molar-refractivity contribution in [1.29, 1.82) is 0 Å². The number of nitrogens with two attached hydrogens (primary N) is 1. The van der Waals surface area contributed by atoms with Gasteiger partial charge in [0.15, 0.2) is 0 Å². The molecule has 5 nitrogen and oxygen atoms in total. The van der Waals surface area contributed by atoms with E-state index in [0.29, 0.717) is 5.95 Å². The van der Waals surface area contributed by atoms with Gasteiger partial charge in [0.25, 0.3) is 0 Å². The summed E-state index contributed by atoms with van der Waals surface area (Å²) in [4.78, 5) is 9.12. The lowest BCUT2D eigenvalue weighted by molar-refractivity contribution is 0.563. The van der Waals surface area contributed by atoms with Crippen LogP contribution in [0.1, 0.15) is 30.9 Å². The fourth-order valence-electron chi connectivity index (χ4n) is 3.70. The normalized spacial score (nSPS) is 23.0. The number of nitrogens with one attached hydrogen (secondary N) is 2. The first-order valence-corrected chi connectivity index (χ1v) is 8.38. The zero-order valence-corrected chi connectivity index (χ0v) is 13.5. The molecule has 0 saturated carbocycles. The number of nitrogen functional groups attached to an aromatic ring is 1. The Morgan fingerprint density at radius 2 is 2.09 bits per heavy atom. The van der Waals surface area contributed by atoms with Crippen LogP contribution in [0, 0.1) is 0 Å². The van der Waals surface area contributed by atoms with Gasteiger partial charge in [-0.25, -0.2) is 4.98 Å². The maximum absolute atomic E-state index is 6.03. The van der Waals surface area contributed by atoms with Crippen LogP contribution >= 0.6 is 0 Å². The van der Waals surface area contributed by atoms with Crippen molar-refractivity contribution >= 4 is 11.8 Å². The molecule has 2 aliphatic rings. The van der Waals surface area contributed by atoms with Crippen LogP contribution in [0.2, 0.25) is 0 Å². The number of anilines is 2. The number of nitrogens with zero attached hydrogens (tertiary/aromatic N) is 2. The smallest absolute Gasteiger partial charge is 0.222 e. The molecular weight excluding hydrogens is 286 g/mol. The standard InChI is InChI=1S/C18H23N5/c1-18(9-10-20-11-18)23-16-14-8-4-6-12-5-2-3-7-13(12)15(14)21-17(19)22-16/h2-3,5,7,20H,4,6,8-11H2,1H3,(H3,19,21,22,23). The van der Waals surface area contributed by atoms with Crippen LogP contribution in [0.4, 0.5) is 11.8 Å². The van der Waals surface area contributed by atoms with Gasteiger partial charge in [-0.2, -0.15) is 4.98 Å².